The van der Waals surface area contributed by atoms with Crippen LogP contribution in [0.5, 0.6) is 0 Å². The number of amides is 1. The highest BCUT2D eigenvalue weighted by Gasteiger charge is 2.46. The van der Waals surface area contributed by atoms with Crippen molar-refractivity contribution in [2.75, 3.05) is 24.5 Å². The Balaban J connectivity index is 1.28. The van der Waals surface area contributed by atoms with E-state index in [2.05, 4.69) is 14.9 Å². The van der Waals surface area contributed by atoms with Crippen LogP contribution in [0.1, 0.15) is 22.3 Å². The number of hydrogen-bond acceptors (Lipinski definition) is 4. The first kappa shape index (κ1) is 21.6. The third-order valence-corrected chi connectivity index (χ3v) is 7.26. The van der Waals surface area contributed by atoms with Gasteiger partial charge in [-0.1, -0.05) is 42.5 Å². The van der Waals surface area contributed by atoms with Gasteiger partial charge in [0, 0.05) is 31.6 Å². The molecule has 7 heteroatoms. The molecule has 0 radical (unpaired) electrons. The monoisotopic (exact) mass is 470 g/mol. The van der Waals surface area contributed by atoms with Crippen LogP contribution in [-0.2, 0) is 0 Å². The highest BCUT2D eigenvalue weighted by molar-refractivity contribution is 6.02. The summed E-state index contributed by atoms with van der Waals surface area (Å²) in [5.41, 5.74) is 3.16. The molecule has 2 aliphatic rings. The second kappa shape index (κ2) is 8.41. The van der Waals surface area contributed by atoms with Crippen LogP contribution in [0.3, 0.4) is 0 Å². The maximum atomic E-state index is 15.4. The highest BCUT2D eigenvalue weighted by atomic mass is 19.1. The number of aromatic nitrogens is 2. The van der Waals surface area contributed by atoms with Gasteiger partial charge < -0.3 is 9.80 Å². The van der Waals surface area contributed by atoms with Crippen molar-refractivity contribution in [1.82, 2.24) is 14.9 Å². The van der Waals surface area contributed by atoms with Gasteiger partial charge in [0.05, 0.1) is 28.8 Å². The maximum absolute atomic E-state index is 15.4. The third kappa shape index (κ3) is 3.71. The van der Waals surface area contributed by atoms with Gasteiger partial charge in [-0.05, 0) is 42.2 Å². The Morgan fingerprint density at radius 3 is 2.66 bits per heavy atom. The van der Waals surface area contributed by atoms with Crippen molar-refractivity contribution < 1.29 is 13.6 Å². The molecule has 0 bridgehead atoms. The molecule has 0 saturated carbocycles. The van der Waals surface area contributed by atoms with E-state index in [-0.39, 0.29) is 23.3 Å². The number of nitrogens with zero attached hydrogens (tertiary/aromatic N) is 4. The topological polar surface area (TPSA) is 49.3 Å². The summed E-state index contributed by atoms with van der Waals surface area (Å²) in [6.45, 7) is 3.72. The summed E-state index contributed by atoms with van der Waals surface area (Å²) in [6, 6.07) is 17.4. The zero-order valence-corrected chi connectivity index (χ0v) is 19.3. The van der Waals surface area contributed by atoms with Crippen LogP contribution in [-0.4, -0.2) is 46.5 Å². The molecule has 0 spiro atoms. The van der Waals surface area contributed by atoms with Gasteiger partial charge in [0.15, 0.2) is 0 Å². The number of carbonyl (C=O) groups excluding carboxylic acids is 1. The van der Waals surface area contributed by atoms with E-state index in [1.807, 2.05) is 36.4 Å². The zero-order valence-electron chi connectivity index (χ0n) is 19.3. The normalized spacial score (nSPS) is 19.4. The Hall–Kier alpha value is -3.87. The van der Waals surface area contributed by atoms with Crippen LogP contribution in [0, 0.1) is 24.5 Å². The lowest BCUT2D eigenvalue weighted by molar-refractivity contribution is 0.00749. The lowest BCUT2D eigenvalue weighted by atomic mass is 9.81. The van der Waals surface area contributed by atoms with E-state index in [1.165, 1.54) is 12.1 Å². The number of carbonyl (C=O) groups is 1. The minimum atomic E-state index is -0.458. The number of anilines is 1. The Morgan fingerprint density at radius 1 is 1.00 bits per heavy atom. The van der Waals surface area contributed by atoms with Gasteiger partial charge in [0.25, 0.3) is 5.91 Å². The molecule has 3 aromatic carbocycles. The lowest BCUT2D eigenvalue weighted by Gasteiger charge is -2.53. The van der Waals surface area contributed by atoms with E-state index in [9.17, 15) is 9.18 Å². The fraction of sp³-hybridized carbons (Fsp3) is 0.250. The molecule has 0 unspecified atom stereocenters. The van der Waals surface area contributed by atoms with Crippen molar-refractivity contribution in [3.05, 3.63) is 89.6 Å². The molecule has 4 aromatic rings. The minimum Gasteiger partial charge on any atom is -0.353 e. The Morgan fingerprint density at radius 2 is 1.83 bits per heavy atom. The first-order valence-electron chi connectivity index (χ1n) is 11.8. The quantitative estimate of drug-likeness (QED) is 0.411. The number of fused-ring (bicyclic) bond motifs is 2. The predicted octanol–water partition coefficient (Wildman–Crippen LogP) is 5.23. The standard InChI is InChI=1S/C28H24F2N4O/c1-17-7-9-21(18-5-3-2-4-6-18)26(27(17)30)28(35)34-15-19-11-12-33(16-24(19)34)25-14-31-23-13-20(29)8-10-22(23)32-25/h2-10,13-14,19,24H,11-12,15-16H2,1H3/t19-,24-/m1/s1. The molecule has 2 saturated heterocycles. The van der Waals surface area contributed by atoms with Crippen molar-refractivity contribution in [2.45, 2.75) is 19.4 Å². The highest BCUT2D eigenvalue weighted by Crippen LogP contribution is 2.37. The van der Waals surface area contributed by atoms with Crippen molar-refractivity contribution in [2.24, 2.45) is 5.92 Å². The summed E-state index contributed by atoms with van der Waals surface area (Å²) in [4.78, 5) is 26.6. The molecule has 0 N–H and O–H groups in total. The van der Waals surface area contributed by atoms with E-state index in [0.29, 0.717) is 47.0 Å². The summed E-state index contributed by atoms with van der Waals surface area (Å²) < 4.78 is 28.9. The third-order valence-electron chi connectivity index (χ3n) is 7.26. The zero-order chi connectivity index (χ0) is 24.1. The van der Waals surface area contributed by atoms with Crippen molar-refractivity contribution in [1.29, 1.82) is 0 Å². The van der Waals surface area contributed by atoms with E-state index < -0.39 is 5.82 Å². The smallest absolute Gasteiger partial charge is 0.257 e. The van der Waals surface area contributed by atoms with Crippen LogP contribution >= 0.6 is 0 Å². The SMILES string of the molecule is Cc1ccc(-c2ccccc2)c(C(=O)N2C[C@H]3CCN(c4cnc5cc(F)ccc5n4)C[C@H]32)c1F. The van der Waals surface area contributed by atoms with Crippen LogP contribution in [0.4, 0.5) is 14.6 Å². The van der Waals surface area contributed by atoms with Gasteiger partial charge >= 0.3 is 0 Å². The summed E-state index contributed by atoms with van der Waals surface area (Å²) >= 11 is 0. The average molecular weight is 471 g/mol. The van der Waals surface area contributed by atoms with Gasteiger partial charge in [0.2, 0.25) is 0 Å². The summed E-state index contributed by atoms with van der Waals surface area (Å²) in [6.07, 6.45) is 2.57. The predicted molar refractivity (Wildman–Crippen MR) is 131 cm³/mol. The molecule has 35 heavy (non-hydrogen) atoms. The number of likely N-dealkylation sites (tertiary alicyclic amines) is 1. The summed E-state index contributed by atoms with van der Waals surface area (Å²) in [7, 11) is 0. The number of aryl methyl sites for hydroxylation is 1. The van der Waals surface area contributed by atoms with Crippen LogP contribution in [0.2, 0.25) is 0 Å². The number of halogens is 2. The van der Waals surface area contributed by atoms with Gasteiger partial charge in [-0.2, -0.15) is 0 Å². The molecule has 1 aromatic heterocycles. The number of benzene rings is 3. The lowest BCUT2D eigenvalue weighted by Crippen LogP contribution is -2.66. The summed E-state index contributed by atoms with van der Waals surface area (Å²) in [5.74, 6) is 0.00915. The molecule has 3 heterocycles. The molecule has 176 valence electrons. The van der Waals surface area contributed by atoms with Crippen molar-refractivity contribution >= 4 is 22.8 Å². The molecule has 6 rings (SSSR count). The Labute approximate surface area is 202 Å². The van der Waals surface area contributed by atoms with Gasteiger partial charge in [-0.15, -0.1) is 0 Å². The maximum Gasteiger partial charge on any atom is 0.257 e. The van der Waals surface area contributed by atoms with Crippen molar-refractivity contribution in [3.8, 4) is 11.1 Å². The largest absolute Gasteiger partial charge is 0.353 e. The van der Waals surface area contributed by atoms with Gasteiger partial charge in [0.1, 0.15) is 17.5 Å². The Kier molecular flexibility index (Phi) is 5.20. The molecule has 0 aliphatic carbocycles. The minimum absolute atomic E-state index is 0.0227. The molecule has 5 nitrogen and oxygen atoms in total. The van der Waals surface area contributed by atoms with Gasteiger partial charge in [-0.3, -0.25) is 9.78 Å². The second-order valence-electron chi connectivity index (χ2n) is 9.37. The van der Waals surface area contributed by atoms with E-state index in [1.54, 1.807) is 30.2 Å². The van der Waals surface area contributed by atoms with Crippen LogP contribution < -0.4 is 4.90 Å². The molecular formula is C28H24F2N4O. The number of hydrogen-bond donors (Lipinski definition) is 0. The number of piperidine rings is 1. The van der Waals surface area contributed by atoms with E-state index in [4.69, 9.17) is 0 Å². The average Bonchev–Trinajstić information content (AvgIpc) is 2.86. The fourth-order valence-electron chi connectivity index (χ4n) is 5.26. The summed E-state index contributed by atoms with van der Waals surface area (Å²) in [5, 5.41) is 0. The second-order valence-corrected chi connectivity index (χ2v) is 9.37. The van der Waals surface area contributed by atoms with E-state index in [0.717, 1.165) is 18.5 Å². The van der Waals surface area contributed by atoms with Crippen LogP contribution in [0.25, 0.3) is 22.2 Å². The fourth-order valence-corrected chi connectivity index (χ4v) is 5.26. The number of rotatable bonds is 3. The molecular weight excluding hydrogens is 446 g/mol. The molecule has 2 aliphatic heterocycles. The Bertz CT molecular complexity index is 1440. The first-order valence-corrected chi connectivity index (χ1v) is 11.8. The van der Waals surface area contributed by atoms with Crippen molar-refractivity contribution in [3.63, 3.8) is 0 Å². The molecule has 2 fully saturated rings. The van der Waals surface area contributed by atoms with E-state index >= 15 is 4.39 Å². The van der Waals surface area contributed by atoms with Crippen LogP contribution in [0.15, 0.2) is 66.9 Å². The molecule has 2 atom stereocenters. The first-order chi connectivity index (χ1) is 17.0. The molecule has 1 amide bonds. The van der Waals surface area contributed by atoms with Gasteiger partial charge in [-0.25, -0.2) is 13.8 Å².